The Kier molecular flexibility index (Phi) is 3.76. The molecule has 1 saturated heterocycles. The normalized spacial score (nSPS) is 16.8. The van der Waals surface area contributed by atoms with Crippen LogP contribution in [0.5, 0.6) is 0 Å². The van der Waals surface area contributed by atoms with Crippen LogP contribution >= 0.6 is 11.6 Å². The van der Waals surface area contributed by atoms with E-state index in [0.29, 0.717) is 24.2 Å². The third-order valence-corrected chi connectivity index (χ3v) is 3.69. The molecule has 2 nitrogen and oxygen atoms in total. The molecule has 0 amide bonds. The second-order valence-electron chi connectivity index (χ2n) is 4.73. The lowest BCUT2D eigenvalue weighted by Crippen LogP contribution is -2.01. The molecule has 1 fully saturated rings. The van der Waals surface area contributed by atoms with Crippen molar-refractivity contribution in [1.82, 2.24) is 0 Å². The van der Waals surface area contributed by atoms with Crippen LogP contribution in [0, 0.1) is 5.82 Å². The zero-order chi connectivity index (χ0) is 14.8. The summed E-state index contributed by atoms with van der Waals surface area (Å²) in [6.45, 7) is 0.374. The lowest BCUT2D eigenvalue weighted by molar-refractivity contribution is -0.135. The maximum atomic E-state index is 13.4. The minimum atomic E-state index is -0.480. The van der Waals surface area contributed by atoms with Gasteiger partial charge in [-0.3, -0.25) is 0 Å². The first-order valence-electron chi connectivity index (χ1n) is 6.58. The molecule has 0 atom stereocenters. The Labute approximate surface area is 126 Å². The molecule has 0 spiro atoms. The fraction of sp³-hybridized carbons (Fsp3) is 0.118. The van der Waals surface area contributed by atoms with Gasteiger partial charge in [-0.2, -0.15) is 0 Å². The lowest BCUT2D eigenvalue weighted by Gasteiger charge is -2.11. The highest BCUT2D eigenvalue weighted by atomic mass is 35.5. The number of carbonyl (C=O) groups excluding carboxylic acids is 1. The van der Waals surface area contributed by atoms with Crippen molar-refractivity contribution in [3.8, 4) is 0 Å². The molecular formula is C17H12ClFO2. The molecule has 1 aliphatic heterocycles. The van der Waals surface area contributed by atoms with Crippen molar-refractivity contribution in [3.63, 3.8) is 0 Å². The number of hydrogen-bond donors (Lipinski definition) is 0. The fourth-order valence-corrected chi connectivity index (χ4v) is 2.61. The number of ether oxygens (including phenoxy) is 1. The summed E-state index contributed by atoms with van der Waals surface area (Å²) in [4.78, 5) is 11.9. The molecule has 106 valence electrons. The number of benzene rings is 2. The van der Waals surface area contributed by atoms with Crippen LogP contribution in [0.3, 0.4) is 0 Å². The molecule has 0 unspecified atom stereocenters. The van der Waals surface area contributed by atoms with Gasteiger partial charge in [0.05, 0.1) is 11.6 Å². The number of rotatable bonds is 2. The Bertz CT molecular complexity index is 723. The number of esters is 1. The second-order valence-corrected chi connectivity index (χ2v) is 5.14. The van der Waals surface area contributed by atoms with Gasteiger partial charge in [0.15, 0.2) is 0 Å². The van der Waals surface area contributed by atoms with Crippen LogP contribution in [0.4, 0.5) is 4.39 Å². The van der Waals surface area contributed by atoms with Crippen molar-refractivity contribution in [2.24, 2.45) is 0 Å². The minimum Gasteiger partial charge on any atom is -0.462 e. The Morgan fingerprint density at radius 3 is 2.48 bits per heavy atom. The van der Waals surface area contributed by atoms with Crippen molar-refractivity contribution < 1.29 is 13.9 Å². The van der Waals surface area contributed by atoms with Gasteiger partial charge in [0, 0.05) is 12.0 Å². The van der Waals surface area contributed by atoms with Crippen LogP contribution in [0.2, 0.25) is 5.02 Å². The monoisotopic (exact) mass is 302 g/mol. The van der Waals surface area contributed by atoms with Gasteiger partial charge in [-0.15, -0.1) is 0 Å². The summed E-state index contributed by atoms with van der Waals surface area (Å²) >= 11 is 5.87. The summed E-state index contributed by atoms with van der Waals surface area (Å²) < 4.78 is 18.4. The maximum Gasteiger partial charge on any atom is 0.334 e. The van der Waals surface area contributed by atoms with E-state index in [0.717, 1.165) is 11.1 Å². The summed E-state index contributed by atoms with van der Waals surface area (Å²) in [5.74, 6) is -0.805. The summed E-state index contributed by atoms with van der Waals surface area (Å²) in [6, 6.07) is 14.0. The van der Waals surface area contributed by atoms with E-state index < -0.39 is 5.82 Å². The molecule has 4 heteroatoms. The van der Waals surface area contributed by atoms with Gasteiger partial charge in [-0.1, -0.05) is 48.0 Å². The number of cyclic esters (lactones) is 1. The van der Waals surface area contributed by atoms with Crippen LogP contribution < -0.4 is 0 Å². The molecule has 3 rings (SSSR count). The number of halogens is 2. The van der Waals surface area contributed by atoms with E-state index >= 15 is 0 Å². The zero-order valence-electron chi connectivity index (χ0n) is 11.1. The molecule has 0 aliphatic carbocycles. The van der Waals surface area contributed by atoms with Crippen LogP contribution in [0.25, 0.3) is 5.57 Å². The summed E-state index contributed by atoms with van der Waals surface area (Å²) in [5, 5.41) is 0.0351. The predicted molar refractivity (Wildman–Crippen MR) is 79.5 cm³/mol. The predicted octanol–water partition coefficient (Wildman–Crippen LogP) is 4.23. The van der Waals surface area contributed by atoms with Crippen molar-refractivity contribution in [1.29, 1.82) is 0 Å². The zero-order valence-corrected chi connectivity index (χ0v) is 11.9. The smallest absolute Gasteiger partial charge is 0.334 e. The van der Waals surface area contributed by atoms with Crippen LogP contribution in [0.15, 0.2) is 54.1 Å². The molecular weight excluding hydrogens is 291 g/mol. The third kappa shape index (κ3) is 2.69. The summed E-state index contributed by atoms with van der Waals surface area (Å²) in [5.41, 5.74) is 2.94. The Morgan fingerprint density at radius 1 is 1.10 bits per heavy atom. The van der Waals surface area contributed by atoms with Gasteiger partial charge < -0.3 is 4.74 Å². The molecule has 0 saturated carbocycles. The Balaban J connectivity index is 2.22. The molecule has 1 aliphatic rings. The highest BCUT2D eigenvalue weighted by molar-refractivity contribution is 6.31. The van der Waals surface area contributed by atoms with Crippen molar-refractivity contribution in [2.75, 3.05) is 6.61 Å². The van der Waals surface area contributed by atoms with E-state index in [1.165, 1.54) is 12.1 Å². The first kappa shape index (κ1) is 13.8. The molecule has 1 heterocycles. The van der Waals surface area contributed by atoms with Gasteiger partial charge in [0.2, 0.25) is 0 Å². The Morgan fingerprint density at radius 2 is 1.86 bits per heavy atom. The first-order chi connectivity index (χ1) is 10.2. The van der Waals surface area contributed by atoms with E-state index in [4.69, 9.17) is 16.3 Å². The molecule has 21 heavy (non-hydrogen) atoms. The number of carbonyl (C=O) groups is 1. The Hall–Kier alpha value is -2.13. The molecule has 2 aromatic carbocycles. The van der Waals surface area contributed by atoms with Crippen LogP contribution in [0.1, 0.15) is 17.5 Å². The van der Waals surface area contributed by atoms with Gasteiger partial charge in [0.1, 0.15) is 5.82 Å². The largest absolute Gasteiger partial charge is 0.462 e. The average Bonchev–Trinajstić information content (AvgIpc) is 2.90. The average molecular weight is 303 g/mol. The molecule has 2 aromatic rings. The van der Waals surface area contributed by atoms with Crippen LogP contribution in [-0.2, 0) is 9.53 Å². The van der Waals surface area contributed by atoms with Crippen molar-refractivity contribution in [3.05, 3.63) is 76.1 Å². The quantitative estimate of drug-likeness (QED) is 0.613. The summed E-state index contributed by atoms with van der Waals surface area (Å²) in [6.07, 6.45) is 0.540. The number of hydrogen-bond acceptors (Lipinski definition) is 2. The van der Waals surface area contributed by atoms with Gasteiger partial charge >= 0.3 is 5.97 Å². The van der Waals surface area contributed by atoms with E-state index in [-0.39, 0.29) is 11.0 Å². The third-order valence-electron chi connectivity index (χ3n) is 3.40. The van der Waals surface area contributed by atoms with Crippen molar-refractivity contribution >= 4 is 23.1 Å². The van der Waals surface area contributed by atoms with Crippen LogP contribution in [-0.4, -0.2) is 12.6 Å². The fourth-order valence-electron chi connectivity index (χ4n) is 2.43. The molecule has 0 radical (unpaired) electrons. The van der Waals surface area contributed by atoms with E-state index in [1.54, 1.807) is 6.07 Å². The van der Waals surface area contributed by atoms with E-state index in [1.807, 2.05) is 30.3 Å². The van der Waals surface area contributed by atoms with Gasteiger partial charge in [-0.25, -0.2) is 9.18 Å². The standard InChI is InChI=1S/C17H12ClFO2/c18-14-10-12(6-7-15(14)19)16(11-4-2-1-3-5-11)13-8-9-21-17(13)20/h1-7,10H,8-9H2/b16-13-. The van der Waals surface area contributed by atoms with Crippen molar-refractivity contribution in [2.45, 2.75) is 6.42 Å². The molecule has 0 N–H and O–H groups in total. The van der Waals surface area contributed by atoms with Gasteiger partial charge in [0.25, 0.3) is 0 Å². The molecule has 0 bridgehead atoms. The maximum absolute atomic E-state index is 13.4. The summed E-state index contributed by atoms with van der Waals surface area (Å²) in [7, 11) is 0. The topological polar surface area (TPSA) is 26.3 Å². The lowest BCUT2D eigenvalue weighted by atomic mass is 9.92. The van der Waals surface area contributed by atoms with E-state index in [9.17, 15) is 9.18 Å². The second kappa shape index (κ2) is 5.70. The SMILES string of the molecule is O=C1OCC/C1=C(\c1ccccc1)c1ccc(F)c(Cl)c1. The minimum absolute atomic E-state index is 0.0351. The molecule has 0 aromatic heterocycles. The van der Waals surface area contributed by atoms with Gasteiger partial charge in [-0.05, 0) is 28.8 Å². The first-order valence-corrected chi connectivity index (χ1v) is 6.96. The van der Waals surface area contributed by atoms with E-state index in [2.05, 4.69) is 0 Å². The highest BCUT2D eigenvalue weighted by Crippen LogP contribution is 2.33. The highest BCUT2D eigenvalue weighted by Gasteiger charge is 2.25.